The Bertz CT molecular complexity index is 523. The van der Waals surface area contributed by atoms with E-state index in [2.05, 4.69) is 10.6 Å². The molecule has 4 nitrogen and oxygen atoms in total. The van der Waals surface area contributed by atoms with Gasteiger partial charge in [-0.15, -0.1) is 0 Å². The smallest absolute Gasteiger partial charge is 0.243 e. The first kappa shape index (κ1) is 14.3. The minimum Gasteiger partial charge on any atom is -0.342 e. The topological polar surface area (TPSA) is 58.2 Å². The molecule has 0 aromatic heterocycles. The zero-order chi connectivity index (χ0) is 14.5. The lowest BCUT2D eigenvalue weighted by Crippen LogP contribution is -2.62. The highest BCUT2D eigenvalue weighted by Gasteiger charge is 2.33. The van der Waals surface area contributed by atoms with Crippen molar-refractivity contribution in [2.24, 2.45) is 0 Å². The first-order valence-corrected chi connectivity index (χ1v) is 6.86. The van der Waals surface area contributed by atoms with Crippen molar-refractivity contribution in [1.29, 1.82) is 0 Å². The van der Waals surface area contributed by atoms with Crippen molar-refractivity contribution >= 4 is 11.8 Å². The van der Waals surface area contributed by atoms with Gasteiger partial charge >= 0.3 is 0 Å². The van der Waals surface area contributed by atoms with E-state index in [1.54, 1.807) is 0 Å². The predicted octanol–water partition coefficient (Wildman–Crippen LogP) is 1.57. The lowest BCUT2D eigenvalue weighted by Gasteiger charge is -2.29. The van der Waals surface area contributed by atoms with Gasteiger partial charge in [0.1, 0.15) is 12.1 Å². The Balaban J connectivity index is 2.00. The molecule has 20 heavy (non-hydrogen) atoms. The van der Waals surface area contributed by atoms with E-state index in [9.17, 15) is 9.59 Å². The molecule has 2 rings (SSSR count). The molecule has 4 heteroatoms. The average molecular weight is 272 g/mol. The minimum absolute atomic E-state index is 0.105. The van der Waals surface area contributed by atoms with Crippen molar-refractivity contribution in [3.8, 4) is 0 Å². The van der Waals surface area contributed by atoms with E-state index in [0.29, 0.717) is 12.8 Å². The molecule has 0 bridgehead atoms. The van der Waals surface area contributed by atoms with Gasteiger partial charge in [-0.25, -0.2) is 0 Å². The number of amides is 2. The van der Waals surface area contributed by atoms with Gasteiger partial charge in [0.15, 0.2) is 0 Å². The van der Waals surface area contributed by atoms with E-state index < -0.39 is 12.1 Å². The summed E-state index contributed by atoms with van der Waals surface area (Å²) >= 11 is 0. The first-order chi connectivity index (χ1) is 9.60. The normalized spacial score (nSPS) is 23.2. The third kappa shape index (κ3) is 3.47. The molecule has 0 aliphatic carbocycles. The number of rotatable bonds is 4. The number of allylic oxidation sites excluding steroid dienone is 1. The van der Waals surface area contributed by atoms with Crippen molar-refractivity contribution in [3.63, 3.8) is 0 Å². The average Bonchev–Trinajstić information content (AvgIpc) is 2.45. The molecule has 1 aromatic carbocycles. The Morgan fingerprint density at radius 2 is 1.70 bits per heavy atom. The lowest BCUT2D eigenvalue weighted by atomic mass is 9.99. The van der Waals surface area contributed by atoms with Gasteiger partial charge in [0.2, 0.25) is 11.8 Å². The maximum absolute atomic E-state index is 12.1. The summed E-state index contributed by atoms with van der Waals surface area (Å²) in [7, 11) is 0. The number of carbonyl (C=O) groups is 2. The van der Waals surface area contributed by atoms with Crippen LogP contribution in [-0.2, 0) is 16.0 Å². The summed E-state index contributed by atoms with van der Waals surface area (Å²) in [6.45, 7) is 3.88. The van der Waals surface area contributed by atoms with E-state index in [-0.39, 0.29) is 11.8 Å². The van der Waals surface area contributed by atoms with Crippen molar-refractivity contribution in [3.05, 3.63) is 47.5 Å². The molecule has 1 saturated heterocycles. The number of benzene rings is 1. The van der Waals surface area contributed by atoms with Gasteiger partial charge in [-0.2, -0.15) is 0 Å². The van der Waals surface area contributed by atoms with Crippen LogP contribution in [0.3, 0.4) is 0 Å². The van der Waals surface area contributed by atoms with Gasteiger partial charge in [0.05, 0.1) is 0 Å². The fourth-order valence-corrected chi connectivity index (χ4v) is 2.25. The summed E-state index contributed by atoms with van der Waals surface area (Å²) in [6, 6.07) is 8.76. The molecule has 2 atom stereocenters. The zero-order valence-corrected chi connectivity index (χ0v) is 11.8. The third-order valence-corrected chi connectivity index (χ3v) is 3.57. The summed E-state index contributed by atoms with van der Waals surface area (Å²) < 4.78 is 0. The molecule has 1 aliphatic heterocycles. The van der Waals surface area contributed by atoms with Crippen LogP contribution in [0.25, 0.3) is 0 Å². The monoisotopic (exact) mass is 272 g/mol. The van der Waals surface area contributed by atoms with Crippen LogP contribution in [0.1, 0.15) is 25.8 Å². The summed E-state index contributed by atoms with van der Waals surface area (Å²) in [5, 5.41) is 5.63. The number of piperazine rings is 1. The molecular weight excluding hydrogens is 252 g/mol. The van der Waals surface area contributed by atoms with Crippen LogP contribution in [0.15, 0.2) is 42.0 Å². The lowest BCUT2D eigenvalue weighted by molar-refractivity contribution is -0.136. The van der Waals surface area contributed by atoms with Gasteiger partial charge in [-0.05, 0) is 25.8 Å². The number of carbonyl (C=O) groups excluding carboxylic acids is 2. The molecule has 2 N–H and O–H groups in total. The molecular formula is C16H20N2O2. The summed E-state index contributed by atoms with van der Waals surface area (Å²) in [5.74, 6) is -0.214. The molecule has 0 spiro atoms. The Kier molecular flexibility index (Phi) is 4.56. The highest BCUT2D eigenvalue weighted by atomic mass is 16.2. The third-order valence-electron chi connectivity index (χ3n) is 3.57. The van der Waals surface area contributed by atoms with Crippen molar-refractivity contribution in [2.75, 3.05) is 0 Å². The van der Waals surface area contributed by atoms with Crippen LogP contribution in [-0.4, -0.2) is 23.9 Å². The molecule has 1 aromatic rings. The maximum Gasteiger partial charge on any atom is 0.243 e. The van der Waals surface area contributed by atoms with E-state index in [0.717, 1.165) is 11.1 Å². The summed E-state index contributed by atoms with van der Waals surface area (Å²) in [6.07, 6.45) is 3.04. The molecule has 106 valence electrons. The minimum atomic E-state index is -0.480. The number of hydrogen-bond donors (Lipinski definition) is 2. The van der Waals surface area contributed by atoms with E-state index in [1.165, 1.54) is 0 Å². The Labute approximate surface area is 119 Å². The quantitative estimate of drug-likeness (QED) is 0.817. The van der Waals surface area contributed by atoms with Crippen LogP contribution >= 0.6 is 0 Å². The molecule has 0 radical (unpaired) electrons. The summed E-state index contributed by atoms with van der Waals surface area (Å²) in [5.41, 5.74) is 2.13. The van der Waals surface area contributed by atoms with Gasteiger partial charge < -0.3 is 10.6 Å². The highest BCUT2D eigenvalue weighted by Crippen LogP contribution is 2.11. The van der Waals surface area contributed by atoms with E-state index in [4.69, 9.17) is 0 Å². The van der Waals surface area contributed by atoms with Crippen molar-refractivity contribution in [1.82, 2.24) is 10.6 Å². The Hall–Kier alpha value is -2.10. The zero-order valence-electron chi connectivity index (χ0n) is 11.8. The van der Waals surface area contributed by atoms with E-state index >= 15 is 0 Å². The fraction of sp³-hybridized carbons (Fsp3) is 0.375. The van der Waals surface area contributed by atoms with Crippen LogP contribution in [0.5, 0.6) is 0 Å². The highest BCUT2D eigenvalue weighted by molar-refractivity contribution is 5.97. The van der Waals surface area contributed by atoms with Crippen LogP contribution < -0.4 is 10.6 Å². The standard InChI is InChI=1S/C16H20N2O2/c1-3-11(2)9-13-15(19)18-14(16(20)17-13)10-12-7-5-4-6-8-12/h3-8,13-14H,9-10H2,1-2H3,(H,17,20)(H,18,19)/b11-3+/t13-,14-/m1/s1. The van der Waals surface area contributed by atoms with Crippen LogP contribution in [0.4, 0.5) is 0 Å². The maximum atomic E-state index is 12.1. The van der Waals surface area contributed by atoms with Gasteiger partial charge in [-0.1, -0.05) is 42.0 Å². The Morgan fingerprint density at radius 3 is 2.35 bits per heavy atom. The van der Waals surface area contributed by atoms with Crippen molar-refractivity contribution < 1.29 is 9.59 Å². The van der Waals surface area contributed by atoms with E-state index in [1.807, 2.05) is 50.3 Å². The Morgan fingerprint density at radius 1 is 1.10 bits per heavy atom. The van der Waals surface area contributed by atoms with Crippen LogP contribution in [0, 0.1) is 0 Å². The first-order valence-electron chi connectivity index (χ1n) is 6.86. The molecule has 2 amide bonds. The molecule has 1 heterocycles. The SMILES string of the molecule is C/C=C(\C)C[C@H]1NC(=O)[C@@H](Cc2ccccc2)NC1=O. The molecule has 0 saturated carbocycles. The number of hydrogen-bond acceptors (Lipinski definition) is 2. The van der Waals surface area contributed by atoms with Crippen molar-refractivity contribution in [2.45, 2.75) is 38.8 Å². The second kappa shape index (κ2) is 6.37. The molecule has 0 unspecified atom stereocenters. The fourth-order valence-electron chi connectivity index (χ4n) is 2.25. The molecule has 1 fully saturated rings. The predicted molar refractivity (Wildman–Crippen MR) is 78.1 cm³/mol. The molecule has 1 aliphatic rings. The van der Waals surface area contributed by atoms with Crippen LogP contribution in [0.2, 0.25) is 0 Å². The summed E-state index contributed by atoms with van der Waals surface area (Å²) in [4.78, 5) is 24.1. The van der Waals surface area contributed by atoms with Gasteiger partial charge in [0.25, 0.3) is 0 Å². The van der Waals surface area contributed by atoms with Gasteiger partial charge in [0, 0.05) is 6.42 Å². The second-order valence-electron chi connectivity index (χ2n) is 5.15. The van der Waals surface area contributed by atoms with Gasteiger partial charge in [-0.3, -0.25) is 9.59 Å². The largest absolute Gasteiger partial charge is 0.342 e. The second-order valence-corrected chi connectivity index (χ2v) is 5.15. The number of nitrogens with one attached hydrogen (secondary N) is 2.